The van der Waals surface area contributed by atoms with E-state index in [4.69, 9.17) is 9.84 Å². The predicted octanol–water partition coefficient (Wildman–Crippen LogP) is -0.535. The van der Waals surface area contributed by atoms with E-state index in [-0.39, 0.29) is 13.1 Å². The van der Waals surface area contributed by atoms with Gasteiger partial charge >= 0.3 is 6.18 Å². The van der Waals surface area contributed by atoms with Crippen molar-refractivity contribution < 1.29 is 31.4 Å². The molecule has 18 heavy (non-hydrogen) atoms. The van der Waals surface area contributed by atoms with E-state index in [9.17, 15) is 21.6 Å². The van der Waals surface area contributed by atoms with Gasteiger partial charge in [0.1, 0.15) is 6.54 Å². The lowest BCUT2D eigenvalue weighted by molar-refractivity contribution is -0.121. The lowest BCUT2D eigenvalue weighted by Crippen LogP contribution is -2.54. The van der Waals surface area contributed by atoms with Crippen molar-refractivity contribution in [2.45, 2.75) is 25.3 Å². The number of halogens is 3. The van der Waals surface area contributed by atoms with Gasteiger partial charge in [0.2, 0.25) is 0 Å². The second-order valence-electron chi connectivity index (χ2n) is 4.01. The van der Waals surface area contributed by atoms with Gasteiger partial charge in [0, 0.05) is 13.1 Å². The first-order chi connectivity index (χ1) is 8.14. The summed E-state index contributed by atoms with van der Waals surface area (Å²) in [7, 11) is -4.22. The van der Waals surface area contributed by atoms with Crippen LogP contribution in [0.3, 0.4) is 0 Å². The highest BCUT2D eigenvalue weighted by atomic mass is 32.2. The summed E-state index contributed by atoms with van der Waals surface area (Å²) in [4.78, 5) is 0. The molecular formula is C8H15F3N2O4S. The van der Waals surface area contributed by atoms with Crippen LogP contribution in [0.5, 0.6) is 0 Å². The van der Waals surface area contributed by atoms with Gasteiger partial charge in [0.05, 0.1) is 18.8 Å². The Morgan fingerprint density at radius 3 is 2.56 bits per heavy atom. The number of morpholine rings is 1. The highest BCUT2D eigenvalue weighted by molar-refractivity contribution is 7.87. The van der Waals surface area contributed by atoms with Gasteiger partial charge in [0.15, 0.2) is 0 Å². The Balaban J connectivity index is 2.66. The summed E-state index contributed by atoms with van der Waals surface area (Å²) in [5, 5.41) is 8.90. The SMILES string of the molecule is CC1CN(S(=O)(=O)NCC(F)(F)F)CC(CO)O1. The van der Waals surface area contributed by atoms with E-state index >= 15 is 0 Å². The van der Waals surface area contributed by atoms with E-state index in [0.717, 1.165) is 4.31 Å². The molecule has 0 aromatic heterocycles. The van der Waals surface area contributed by atoms with Crippen molar-refractivity contribution in [1.82, 2.24) is 9.03 Å². The first-order valence-electron chi connectivity index (χ1n) is 5.22. The summed E-state index contributed by atoms with van der Waals surface area (Å²) < 4.78 is 66.6. The molecule has 0 spiro atoms. The Morgan fingerprint density at radius 1 is 1.44 bits per heavy atom. The molecule has 1 fully saturated rings. The highest BCUT2D eigenvalue weighted by Crippen LogP contribution is 2.16. The Morgan fingerprint density at radius 2 is 2.06 bits per heavy atom. The number of rotatable bonds is 4. The van der Waals surface area contributed by atoms with E-state index in [1.165, 1.54) is 4.72 Å². The third-order valence-electron chi connectivity index (χ3n) is 2.29. The van der Waals surface area contributed by atoms with Gasteiger partial charge < -0.3 is 9.84 Å². The average Bonchev–Trinajstić information content (AvgIpc) is 2.25. The van der Waals surface area contributed by atoms with Crippen molar-refractivity contribution >= 4 is 10.2 Å². The van der Waals surface area contributed by atoms with Gasteiger partial charge in [-0.3, -0.25) is 0 Å². The van der Waals surface area contributed by atoms with Gasteiger partial charge in [-0.15, -0.1) is 0 Å². The summed E-state index contributed by atoms with van der Waals surface area (Å²) in [6.45, 7) is -0.660. The third kappa shape index (κ3) is 4.69. The Hall–Kier alpha value is -0.420. The topological polar surface area (TPSA) is 78.9 Å². The molecule has 1 aliphatic heterocycles. The predicted molar refractivity (Wildman–Crippen MR) is 56.0 cm³/mol. The van der Waals surface area contributed by atoms with Gasteiger partial charge in [-0.05, 0) is 6.92 Å². The number of alkyl halides is 3. The smallest absolute Gasteiger partial charge is 0.394 e. The monoisotopic (exact) mass is 292 g/mol. The largest absolute Gasteiger partial charge is 0.402 e. The molecule has 2 N–H and O–H groups in total. The van der Waals surface area contributed by atoms with Crippen LogP contribution in [0, 0.1) is 0 Å². The number of aliphatic hydroxyl groups is 1. The molecule has 0 radical (unpaired) electrons. The Kier molecular flexibility index (Phi) is 4.95. The molecule has 10 heteroatoms. The fourth-order valence-corrected chi connectivity index (χ4v) is 2.86. The first kappa shape index (κ1) is 15.6. The quantitative estimate of drug-likeness (QED) is 0.730. The van der Waals surface area contributed by atoms with Crippen LogP contribution in [0.1, 0.15) is 6.92 Å². The van der Waals surface area contributed by atoms with Gasteiger partial charge in [-0.1, -0.05) is 0 Å². The molecule has 0 bridgehead atoms. The second-order valence-corrected chi connectivity index (χ2v) is 5.76. The van der Waals surface area contributed by atoms with Crippen LogP contribution in [0.25, 0.3) is 0 Å². The van der Waals surface area contributed by atoms with Gasteiger partial charge in [-0.25, -0.2) is 0 Å². The van der Waals surface area contributed by atoms with Crippen molar-refractivity contribution in [3.8, 4) is 0 Å². The summed E-state index contributed by atoms with van der Waals surface area (Å²) in [5.74, 6) is 0. The van der Waals surface area contributed by atoms with E-state index in [2.05, 4.69) is 0 Å². The fourth-order valence-electron chi connectivity index (χ4n) is 1.56. The molecule has 2 unspecified atom stereocenters. The van der Waals surface area contributed by atoms with Crippen LogP contribution >= 0.6 is 0 Å². The fraction of sp³-hybridized carbons (Fsp3) is 1.00. The standard InChI is InChI=1S/C8H15F3N2O4S/c1-6-2-13(3-7(4-14)17-6)18(15,16)12-5-8(9,10)11/h6-7,12,14H,2-5H2,1H3. The number of ether oxygens (including phenoxy) is 1. The molecule has 0 saturated carbocycles. The van der Waals surface area contributed by atoms with Crippen molar-refractivity contribution in [3.63, 3.8) is 0 Å². The molecule has 108 valence electrons. The molecule has 1 heterocycles. The minimum absolute atomic E-state index is 0.0519. The van der Waals surface area contributed by atoms with Crippen LogP contribution in [-0.2, 0) is 14.9 Å². The van der Waals surface area contributed by atoms with E-state index < -0.39 is 41.7 Å². The highest BCUT2D eigenvalue weighted by Gasteiger charge is 2.35. The lowest BCUT2D eigenvalue weighted by atomic mass is 10.2. The Bertz CT molecular complexity index is 373. The van der Waals surface area contributed by atoms with Crippen LogP contribution < -0.4 is 4.72 Å². The molecule has 1 rings (SSSR count). The molecule has 2 atom stereocenters. The van der Waals surface area contributed by atoms with Crippen LogP contribution in [0.2, 0.25) is 0 Å². The Labute approximate surface area is 103 Å². The maximum atomic E-state index is 12.0. The normalized spacial score (nSPS) is 27.4. The minimum atomic E-state index is -4.61. The molecule has 0 amide bonds. The molecule has 1 aliphatic rings. The zero-order chi connectivity index (χ0) is 14.0. The van der Waals surface area contributed by atoms with Crippen molar-refractivity contribution in [2.75, 3.05) is 26.2 Å². The maximum Gasteiger partial charge on any atom is 0.402 e. The maximum absolute atomic E-state index is 12.0. The molecule has 1 saturated heterocycles. The molecule has 6 nitrogen and oxygen atoms in total. The first-order valence-corrected chi connectivity index (χ1v) is 6.66. The number of hydrogen-bond acceptors (Lipinski definition) is 4. The number of nitrogens with one attached hydrogen (secondary N) is 1. The molecule has 0 aliphatic carbocycles. The van der Waals surface area contributed by atoms with E-state index in [1.807, 2.05) is 0 Å². The second kappa shape index (κ2) is 5.70. The lowest BCUT2D eigenvalue weighted by Gasteiger charge is -2.35. The zero-order valence-corrected chi connectivity index (χ0v) is 10.5. The van der Waals surface area contributed by atoms with Crippen LogP contribution in [0.4, 0.5) is 13.2 Å². The molecule has 0 aromatic carbocycles. The van der Waals surface area contributed by atoms with Crippen molar-refractivity contribution in [2.24, 2.45) is 0 Å². The third-order valence-corrected chi connectivity index (χ3v) is 3.78. The zero-order valence-electron chi connectivity index (χ0n) is 9.64. The van der Waals surface area contributed by atoms with Crippen molar-refractivity contribution in [1.29, 1.82) is 0 Å². The van der Waals surface area contributed by atoms with Crippen LogP contribution in [-0.4, -0.2) is 62.5 Å². The summed E-state index contributed by atoms with van der Waals surface area (Å²) >= 11 is 0. The number of aliphatic hydroxyl groups excluding tert-OH is 1. The molecule has 0 aromatic rings. The molecular weight excluding hydrogens is 277 g/mol. The van der Waals surface area contributed by atoms with Gasteiger partial charge in [0.25, 0.3) is 10.2 Å². The summed E-state index contributed by atoms with van der Waals surface area (Å²) in [6, 6.07) is 0. The minimum Gasteiger partial charge on any atom is -0.394 e. The van der Waals surface area contributed by atoms with Crippen molar-refractivity contribution in [3.05, 3.63) is 0 Å². The van der Waals surface area contributed by atoms with E-state index in [1.54, 1.807) is 6.92 Å². The summed E-state index contributed by atoms with van der Waals surface area (Å²) in [5.41, 5.74) is 0. The number of nitrogens with zero attached hydrogens (tertiary/aromatic N) is 1. The van der Waals surface area contributed by atoms with Gasteiger partial charge in [-0.2, -0.15) is 30.6 Å². The summed E-state index contributed by atoms with van der Waals surface area (Å²) in [6.07, 6.45) is -5.82. The number of hydrogen-bond donors (Lipinski definition) is 2. The average molecular weight is 292 g/mol. The van der Waals surface area contributed by atoms with Crippen LogP contribution in [0.15, 0.2) is 0 Å². The van der Waals surface area contributed by atoms with E-state index in [0.29, 0.717) is 0 Å².